The van der Waals surface area contributed by atoms with E-state index in [4.69, 9.17) is 27.9 Å². The predicted octanol–water partition coefficient (Wildman–Crippen LogP) is 6.76. The van der Waals surface area contributed by atoms with Crippen molar-refractivity contribution in [2.24, 2.45) is 0 Å². The fourth-order valence-corrected chi connectivity index (χ4v) is 4.00. The average molecular weight is 572 g/mol. The van der Waals surface area contributed by atoms with Crippen molar-refractivity contribution in [3.8, 4) is 5.75 Å². The maximum atomic E-state index is 13.3. The number of halogens is 3. The van der Waals surface area contributed by atoms with E-state index in [0.29, 0.717) is 15.8 Å². The standard InChI is InChI=1S/C26H33BrCl2N2O3/c1-7-16(2)30-25(33)17(3)31(14-18-8-10-21(28)22(29)12-18)24(32)15-34-23-11-9-19(13-20(23)27)26(4,5)6/h8-13,16-17H,7,14-15H2,1-6H3,(H,30,33)/t16-,17+/m1/s1. The molecule has 0 saturated carbocycles. The Bertz CT molecular complexity index is 1020. The smallest absolute Gasteiger partial charge is 0.261 e. The molecule has 5 nitrogen and oxygen atoms in total. The van der Waals surface area contributed by atoms with E-state index in [9.17, 15) is 9.59 Å². The van der Waals surface area contributed by atoms with Gasteiger partial charge in [-0.15, -0.1) is 0 Å². The van der Waals surface area contributed by atoms with Crippen LogP contribution in [0.2, 0.25) is 10.0 Å². The summed E-state index contributed by atoms with van der Waals surface area (Å²) in [7, 11) is 0. The molecule has 0 aromatic heterocycles. The van der Waals surface area contributed by atoms with Crippen LogP contribution in [-0.4, -0.2) is 35.4 Å². The maximum Gasteiger partial charge on any atom is 0.261 e. The van der Waals surface area contributed by atoms with Crippen molar-refractivity contribution in [2.45, 2.75) is 72.0 Å². The van der Waals surface area contributed by atoms with Crippen molar-refractivity contribution in [1.82, 2.24) is 10.2 Å². The van der Waals surface area contributed by atoms with E-state index < -0.39 is 6.04 Å². The second-order valence-electron chi connectivity index (χ2n) is 9.45. The highest BCUT2D eigenvalue weighted by atomic mass is 79.9. The third kappa shape index (κ3) is 7.89. The first kappa shape index (κ1) is 28.5. The Labute approximate surface area is 221 Å². The van der Waals surface area contributed by atoms with E-state index in [0.717, 1.165) is 22.0 Å². The summed E-state index contributed by atoms with van der Waals surface area (Å²) in [5.74, 6) is 0.0238. The van der Waals surface area contributed by atoms with E-state index in [1.165, 1.54) is 4.90 Å². The van der Waals surface area contributed by atoms with E-state index in [1.807, 2.05) is 32.0 Å². The molecule has 0 heterocycles. The van der Waals surface area contributed by atoms with E-state index in [1.54, 1.807) is 25.1 Å². The van der Waals surface area contributed by atoms with Gasteiger partial charge in [-0.3, -0.25) is 9.59 Å². The van der Waals surface area contributed by atoms with Gasteiger partial charge in [-0.1, -0.05) is 63.0 Å². The molecule has 0 bridgehead atoms. The van der Waals surface area contributed by atoms with Gasteiger partial charge in [0, 0.05) is 12.6 Å². The monoisotopic (exact) mass is 570 g/mol. The minimum Gasteiger partial charge on any atom is -0.483 e. The van der Waals surface area contributed by atoms with Gasteiger partial charge < -0.3 is 15.0 Å². The van der Waals surface area contributed by atoms with Crippen LogP contribution in [0.4, 0.5) is 0 Å². The minimum atomic E-state index is -0.703. The molecule has 186 valence electrons. The van der Waals surface area contributed by atoms with Gasteiger partial charge in [-0.2, -0.15) is 0 Å². The predicted molar refractivity (Wildman–Crippen MR) is 143 cm³/mol. The second kappa shape index (κ2) is 12.3. The van der Waals surface area contributed by atoms with E-state index in [2.05, 4.69) is 42.0 Å². The number of rotatable bonds is 9. The second-order valence-corrected chi connectivity index (χ2v) is 11.1. The summed E-state index contributed by atoms with van der Waals surface area (Å²) in [6, 6.07) is 10.3. The van der Waals surface area contributed by atoms with Crippen molar-refractivity contribution in [3.63, 3.8) is 0 Å². The molecule has 2 aromatic carbocycles. The van der Waals surface area contributed by atoms with Crippen molar-refractivity contribution < 1.29 is 14.3 Å². The first-order chi connectivity index (χ1) is 15.8. The molecule has 0 fully saturated rings. The number of benzene rings is 2. The van der Waals surface area contributed by atoms with E-state index in [-0.39, 0.29) is 36.4 Å². The lowest BCUT2D eigenvalue weighted by molar-refractivity contribution is -0.142. The summed E-state index contributed by atoms with van der Waals surface area (Å²) in [5, 5.41) is 3.77. The van der Waals surface area contributed by atoms with Crippen LogP contribution in [0, 0.1) is 0 Å². The first-order valence-electron chi connectivity index (χ1n) is 11.3. The van der Waals surface area contributed by atoms with Gasteiger partial charge in [0.1, 0.15) is 11.8 Å². The van der Waals surface area contributed by atoms with Gasteiger partial charge in [-0.05, 0) is 77.0 Å². The Morgan fingerprint density at radius 1 is 1.09 bits per heavy atom. The fraction of sp³-hybridized carbons (Fsp3) is 0.462. The lowest BCUT2D eigenvalue weighted by Crippen LogP contribution is -2.50. The molecule has 1 N–H and O–H groups in total. The number of hydrogen-bond acceptors (Lipinski definition) is 3. The number of ether oxygens (including phenoxy) is 1. The van der Waals surface area contributed by atoms with Crippen LogP contribution < -0.4 is 10.1 Å². The molecule has 0 saturated heterocycles. The van der Waals surface area contributed by atoms with Crippen molar-refractivity contribution >= 4 is 50.9 Å². The summed E-state index contributed by atoms with van der Waals surface area (Å²) < 4.78 is 6.61. The normalized spacial score (nSPS) is 13.2. The zero-order valence-corrected chi connectivity index (χ0v) is 23.6. The van der Waals surface area contributed by atoms with Gasteiger partial charge in [0.25, 0.3) is 5.91 Å². The number of nitrogens with zero attached hydrogens (tertiary/aromatic N) is 1. The molecule has 2 aromatic rings. The molecule has 8 heteroatoms. The van der Waals surface area contributed by atoms with Crippen LogP contribution in [-0.2, 0) is 21.5 Å². The Hall–Kier alpha value is -1.76. The van der Waals surface area contributed by atoms with Gasteiger partial charge in [0.15, 0.2) is 6.61 Å². The molecular formula is C26H33BrCl2N2O3. The highest BCUT2D eigenvalue weighted by Gasteiger charge is 2.27. The van der Waals surface area contributed by atoms with Crippen LogP contribution in [0.25, 0.3) is 0 Å². The molecule has 2 rings (SSSR count). The number of carbonyl (C=O) groups excluding carboxylic acids is 2. The first-order valence-corrected chi connectivity index (χ1v) is 12.8. The molecule has 0 unspecified atom stereocenters. The van der Waals surface area contributed by atoms with Crippen LogP contribution in [0.3, 0.4) is 0 Å². The Kier molecular flexibility index (Phi) is 10.3. The molecule has 2 atom stereocenters. The summed E-state index contributed by atoms with van der Waals surface area (Å²) in [4.78, 5) is 27.6. The number of amides is 2. The minimum absolute atomic E-state index is 0.00501. The highest BCUT2D eigenvalue weighted by Crippen LogP contribution is 2.31. The van der Waals surface area contributed by atoms with Gasteiger partial charge in [0.2, 0.25) is 5.91 Å². The lowest BCUT2D eigenvalue weighted by Gasteiger charge is -2.30. The third-order valence-electron chi connectivity index (χ3n) is 5.65. The topological polar surface area (TPSA) is 58.6 Å². The maximum absolute atomic E-state index is 13.3. The Balaban J connectivity index is 2.22. The highest BCUT2D eigenvalue weighted by molar-refractivity contribution is 9.10. The van der Waals surface area contributed by atoms with Crippen LogP contribution in [0.15, 0.2) is 40.9 Å². The van der Waals surface area contributed by atoms with Crippen LogP contribution >= 0.6 is 39.1 Å². The summed E-state index contributed by atoms with van der Waals surface area (Å²) in [6.07, 6.45) is 0.793. The third-order valence-corrected chi connectivity index (χ3v) is 7.01. The summed E-state index contributed by atoms with van der Waals surface area (Å²) >= 11 is 15.7. The molecule has 0 radical (unpaired) electrons. The lowest BCUT2D eigenvalue weighted by atomic mass is 9.87. The Morgan fingerprint density at radius 3 is 2.32 bits per heavy atom. The summed E-state index contributed by atoms with van der Waals surface area (Å²) in [6.45, 7) is 12.0. The van der Waals surface area contributed by atoms with Gasteiger partial charge >= 0.3 is 0 Å². The molecule has 0 aliphatic rings. The van der Waals surface area contributed by atoms with Crippen LogP contribution in [0.5, 0.6) is 5.75 Å². The molecular weight excluding hydrogens is 539 g/mol. The summed E-state index contributed by atoms with van der Waals surface area (Å²) in [5.41, 5.74) is 1.91. The fourth-order valence-electron chi connectivity index (χ4n) is 3.19. The molecule has 2 amide bonds. The van der Waals surface area contributed by atoms with E-state index >= 15 is 0 Å². The van der Waals surface area contributed by atoms with Crippen molar-refractivity contribution in [1.29, 1.82) is 0 Å². The number of carbonyl (C=O) groups is 2. The number of nitrogens with one attached hydrogen (secondary N) is 1. The van der Waals surface area contributed by atoms with Crippen LogP contribution in [0.1, 0.15) is 59.1 Å². The van der Waals surface area contributed by atoms with Gasteiger partial charge in [0.05, 0.1) is 14.5 Å². The SMILES string of the molecule is CC[C@@H](C)NC(=O)[C@H](C)N(Cc1ccc(Cl)c(Cl)c1)C(=O)COc1ccc(C(C)(C)C)cc1Br. The van der Waals surface area contributed by atoms with Crippen molar-refractivity contribution in [2.75, 3.05) is 6.61 Å². The number of hydrogen-bond donors (Lipinski definition) is 1. The Morgan fingerprint density at radius 2 is 1.76 bits per heavy atom. The largest absolute Gasteiger partial charge is 0.483 e. The van der Waals surface area contributed by atoms with Gasteiger partial charge in [-0.25, -0.2) is 0 Å². The zero-order chi connectivity index (χ0) is 25.6. The molecule has 34 heavy (non-hydrogen) atoms. The molecule has 0 aliphatic heterocycles. The zero-order valence-electron chi connectivity index (χ0n) is 20.5. The quantitative estimate of drug-likeness (QED) is 0.361. The molecule has 0 aliphatic carbocycles. The molecule has 0 spiro atoms. The average Bonchev–Trinajstić information content (AvgIpc) is 2.77. The van der Waals surface area contributed by atoms with Crippen molar-refractivity contribution in [3.05, 3.63) is 62.0 Å².